The topological polar surface area (TPSA) is 268 Å². The standard InChI is InChI=1S/C15H23N5O10/c16-6(1-2-10(22)23)13(28)19-8(4-11(24)25)15(30)20-7(3-9(17)21)14(29)18-5-12(26)27/h6-8H,1-5,16H2,(H2,17,21)(H,18,29)(H,19,28)(H,20,30)(H,22,23)(H,24,25)(H,26,27). The molecule has 0 aromatic heterocycles. The van der Waals surface area contributed by atoms with Gasteiger partial charge in [-0.25, -0.2) is 0 Å². The first kappa shape index (κ1) is 26.2. The van der Waals surface area contributed by atoms with Crippen LogP contribution in [0.2, 0.25) is 0 Å². The second-order valence-corrected chi connectivity index (χ2v) is 6.04. The maximum Gasteiger partial charge on any atom is 0.322 e. The molecule has 168 valence electrons. The van der Waals surface area contributed by atoms with Crippen molar-refractivity contribution in [2.75, 3.05) is 6.54 Å². The Kier molecular flexibility index (Phi) is 11.1. The maximum absolute atomic E-state index is 12.4. The van der Waals surface area contributed by atoms with Crippen molar-refractivity contribution in [3.63, 3.8) is 0 Å². The number of rotatable bonds is 14. The summed E-state index contributed by atoms with van der Waals surface area (Å²) < 4.78 is 0. The third-order valence-electron chi connectivity index (χ3n) is 3.47. The van der Waals surface area contributed by atoms with Crippen LogP contribution in [0.15, 0.2) is 0 Å². The molecule has 4 amide bonds. The van der Waals surface area contributed by atoms with Gasteiger partial charge in [0.15, 0.2) is 0 Å². The van der Waals surface area contributed by atoms with Crippen LogP contribution in [0.5, 0.6) is 0 Å². The summed E-state index contributed by atoms with van der Waals surface area (Å²) in [5, 5.41) is 32.1. The summed E-state index contributed by atoms with van der Waals surface area (Å²) in [4.78, 5) is 79.5. The molecule has 0 aliphatic carbocycles. The lowest BCUT2D eigenvalue weighted by atomic mass is 10.1. The molecule has 15 nitrogen and oxygen atoms in total. The molecular formula is C15H23N5O10. The Bertz CT molecular complexity index is 710. The van der Waals surface area contributed by atoms with Crippen LogP contribution in [0.3, 0.4) is 0 Å². The molecule has 0 spiro atoms. The van der Waals surface area contributed by atoms with E-state index < -0.39 is 85.5 Å². The van der Waals surface area contributed by atoms with Crippen molar-refractivity contribution in [2.24, 2.45) is 11.5 Å². The van der Waals surface area contributed by atoms with Crippen LogP contribution < -0.4 is 27.4 Å². The van der Waals surface area contributed by atoms with Gasteiger partial charge in [0.1, 0.15) is 18.6 Å². The number of nitrogens with one attached hydrogen (secondary N) is 3. The first-order chi connectivity index (χ1) is 13.8. The van der Waals surface area contributed by atoms with Crippen molar-refractivity contribution >= 4 is 41.5 Å². The largest absolute Gasteiger partial charge is 0.481 e. The Labute approximate surface area is 169 Å². The fraction of sp³-hybridized carbons (Fsp3) is 0.533. The summed E-state index contributed by atoms with van der Waals surface area (Å²) in [6, 6.07) is -4.72. The van der Waals surface area contributed by atoms with Gasteiger partial charge in [-0.15, -0.1) is 0 Å². The summed E-state index contributed by atoms with van der Waals surface area (Å²) in [7, 11) is 0. The van der Waals surface area contributed by atoms with Crippen LogP contribution in [0, 0.1) is 0 Å². The van der Waals surface area contributed by atoms with E-state index in [4.69, 9.17) is 26.8 Å². The Morgan fingerprint density at radius 2 is 1.27 bits per heavy atom. The molecule has 0 aromatic rings. The summed E-state index contributed by atoms with van der Waals surface area (Å²) in [6.07, 6.45) is -2.40. The fourth-order valence-corrected chi connectivity index (χ4v) is 2.04. The highest BCUT2D eigenvalue weighted by Crippen LogP contribution is 2.01. The molecule has 3 unspecified atom stereocenters. The van der Waals surface area contributed by atoms with E-state index in [1.54, 1.807) is 0 Å². The highest BCUT2D eigenvalue weighted by atomic mass is 16.4. The zero-order chi connectivity index (χ0) is 23.4. The van der Waals surface area contributed by atoms with E-state index >= 15 is 0 Å². The normalized spacial score (nSPS) is 13.2. The van der Waals surface area contributed by atoms with E-state index in [2.05, 4.69) is 0 Å². The van der Waals surface area contributed by atoms with Gasteiger partial charge in [-0.2, -0.15) is 0 Å². The number of carboxylic acid groups (broad SMARTS) is 3. The minimum atomic E-state index is -1.73. The highest BCUT2D eigenvalue weighted by Gasteiger charge is 2.30. The molecular weight excluding hydrogens is 410 g/mol. The molecule has 0 bridgehead atoms. The smallest absolute Gasteiger partial charge is 0.322 e. The predicted octanol–water partition coefficient (Wildman–Crippen LogP) is -4.30. The molecule has 0 radical (unpaired) electrons. The Hall–Kier alpha value is -3.75. The van der Waals surface area contributed by atoms with Crippen molar-refractivity contribution in [2.45, 2.75) is 43.8 Å². The first-order valence-electron chi connectivity index (χ1n) is 8.41. The molecule has 0 aliphatic rings. The average Bonchev–Trinajstić information content (AvgIpc) is 2.61. The molecule has 0 saturated carbocycles. The second-order valence-electron chi connectivity index (χ2n) is 6.04. The number of carbonyl (C=O) groups excluding carboxylic acids is 4. The van der Waals surface area contributed by atoms with E-state index in [0.29, 0.717) is 0 Å². The van der Waals surface area contributed by atoms with Crippen LogP contribution in [0.1, 0.15) is 25.7 Å². The zero-order valence-corrected chi connectivity index (χ0v) is 15.6. The van der Waals surface area contributed by atoms with Gasteiger partial charge in [-0.1, -0.05) is 0 Å². The van der Waals surface area contributed by atoms with Crippen LogP contribution in [-0.4, -0.2) is 81.5 Å². The Morgan fingerprint density at radius 1 is 0.733 bits per heavy atom. The molecule has 0 rings (SSSR count). The molecule has 0 aromatic carbocycles. The average molecular weight is 433 g/mol. The van der Waals surface area contributed by atoms with Crippen LogP contribution in [0.4, 0.5) is 0 Å². The number of primary amides is 1. The molecule has 0 aliphatic heterocycles. The number of nitrogens with two attached hydrogens (primary N) is 2. The fourth-order valence-electron chi connectivity index (χ4n) is 2.04. The lowest BCUT2D eigenvalue weighted by Crippen LogP contribution is -2.57. The quantitative estimate of drug-likeness (QED) is 0.130. The minimum absolute atomic E-state index is 0.287. The third-order valence-corrected chi connectivity index (χ3v) is 3.47. The number of carboxylic acids is 3. The molecule has 30 heavy (non-hydrogen) atoms. The molecule has 3 atom stereocenters. The highest BCUT2D eigenvalue weighted by molar-refractivity contribution is 5.96. The lowest BCUT2D eigenvalue weighted by Gasteiger charge is -2.22. The minimum Gasteiger partial charge on any atom is -0.481 e. The number of carbonyl (C=O) groups is 7. The zero-order valence-electron chi connectivity index (χ0n) is 15.6. The summed E-state index contributed by atoms with van der Waals surface area (Å²) in [5.74, 6) is -8.44. The summed E-state index contributed by atoms with van der Waals surface area (Å²) in [5.41, 5.74) is 10.5. The van der Waals surface area contributed by atoms with Crippen LogP contribution >= 0.6 is 0 Å². The Balaban J connectivity index is 5.26. The Morgan fingerprint density at radius 3 is 1.73 bits per heavy atom. The molecule has 15 heteroatoms. The van der Waals surface area contributed by atoms with Gasteiger partial charge in [0.05, 0.1) is 18.9 Å². The molecule has 0 saturated heterocycles. The number of hydrogen-bond donors (Lipinski definition) is 8. The SMILES string of the molecule is NC(=O)CC(NC(=O)C(CC(=O)O)NC(=O)C(N)CCC(=O)O)C(=O)NCC(=O)O. The van der Waals surface area contributed by atoms with E-state index in [1.165, 1.54) is 0 Å². The monoisotopic (exact) mass is 433 g/mol. The second kappa shape index (κ2) is 12.7. The van der Waals surface area contributed by atoms with Gasteiger partial charge in [-0.3, -0.25) is 33.6 Å². The van der Waals surface area contributed by atoms with E-state index in [1.807, 2.05) is 16.0 Å². The van der Waals surface area contributed by atoms with Gasteiger partial charge in [0.2, 0.25) is 23.6 Å². The number of aliphatic carboxylic acids is 3. The van der Waals surface area contributed by atoms with Gasteiger partial charge >= 0.3 is 17.9 Å². The summed E-state index contributed by atoms with van der Waals surface area (Å²) in [6.45, 7) is -0.822. The molecule has 0 heterocycles. The number of hydrogen-bond acceptors (Lipinski definition) is 8. The van der Waals surface area contributed by atoms with E-state index in [9.17, 15) is 33.6 Å². The number of amides is 4. The maximum atomic E-state index is 12.4. The van der Waals surface area contributed by atoms with Crippen LogP contribution in [0.25, 0.3) is 0 Å². The van der Waals surface area contributed by atoms with Gasteiger partial charge in [0, 0.05) is 6.42 Å². The predicted molar refractivity (Wildman–Crippen MR) is 95.4 cm³/mol. The van der Waals surface area contributed by atoms with Crippen molar-refractivity contribution in [1.29, 1.82) is 0 Å². The van der Waals surface area contributed by atoms with Crippen LogP contribution in [-0.2, 0) is 33.6 Å². The van der Waals surface area contributed by atoms with Gasteiger partial charge in [-0.05, 0) is 6.42 Å². The first-order valence-corrected chi connectivity index (χ1v) is 8.41. The van der Waals surface area contributed by atoms with Gasteiger partial charge in [0.25, 0.3) is 0 Å². The lowest BCUT2D eigenvalue weighted by molar-refractivity contribution is -0.142. The van der Waals surface area contributed by atoms with Crippen molar-refractivity contribution in [1.82, 2.24) is 16.0 Å². The van der Waals surface area contributed by atoms with Crippen molar-refractivity contribution in [3.05, 3.63) is 0 Å². The van der Waals surface area contributed by atoms with Crippen molar-refractivity contribution in [3.8, 4) is 0 Å². The van der Waals surface area contributed by atoms with Gasteiger partial charge < -0.3 is 42.7 Å². The summed E-state index contributed by atoms with van der Waals surface area (Å²) >= 11 is 0. The van der Waals surface area contributed by atoms with Crippen molar-refractivity contribution < 1.29 is 48.9 Å². The van der Waals surface area contributed by atoms with E-state index in [-0.39, 0.29) is 6.42 Å². The molecule has 0 fully saturated rings. The van der Waals surface area contributed by atoms with E-state index in [0.717, 1.165) is 0 Å². The third kappa shape index (κ3) is 11.2. The molecule has 10 N–H and O–H groups in total.